The smallest absolute Gasteiger partial charge is 0.338 e. The monoisotopic (exact) mass is 486 g/mol. The lowest BCUT2D eigenvalue weighted by Crippen LogP contribution is -2.39. The van der Waals surface area contributed by atoms with Crippen LogP contribution in [0.15, 0.2) is 63.5 Å². The van der Waals surface area contributed by atoms with Crippen molar-refractivity contribution in [1.82, 2.24) is 4.57 Å². The molecule has 0 amide bonds. The molecule has 3 aromatic rings. The normalized spacial score (nSPS) is 15.8. The maximum Gasteiger partial charge on any atom is 0.338 e. The standard InChI is InChI=1S/C24H20ClFN2O4S/c1-4-32-23(30)20-13(2)27-24-28(21(20)14-8-10-15(31-3)11-9-14)22(29)19(33-24)12-16-17(25)6-5-7-18(16)26/h5-12,21H,4H2,1-3H3/t21-/m0/s1. The molecule has 1 aliphatic rings. The summed E-state index contributed by atoms with van der Waals surface area (Å²) in [6, 6.07) is 10.6. The number of aromatic nitrogens is 1. The van der Waals surface area contributed by atoms with Crippen LogP contribution in [0.3, 0.4) is 0 Å². The van der Waals surface area contributed by atoms with Gasteiger partial charge in [-0.15, -0.1) is 0 Å². The van der Waals surface area contributed by atoms with Crippen molar-refractivity contribution in [2.45, 2.75) is 19.9 Å². The molecule has 2 aromatic carbocycles. The summed E-state index contributed by atoms with van der Waals surface area (Å²) in [5, 5.41) is 0.191. The maximum atomic E-state index is 14.4. The van der Waals surface area contributed by atoms with Gasteiger partial charge in [-0.2, -0.15) is 0 Å². The van der Waals surface area contributed by atoms with Gasteiger partial charge in [-0.25, -0.2) is 14.2 Å². The van der Waals surface area contributed by atoms with E-state index in [9.17, 15) is 14.0 Å². The predicted octanol–water partition coefficient (Wildman–Crippen LogP) is 3.60. The number of thiazole rings is 1. The maximum absolute atomic E-state index is 14.4. The van der Waals surface area contributed by atoms with E-state index in [1.807, 2.05) is 0 Å². The highest BCUT2D eigenvalue weighted by Crippen LogP contribution is 2.31. The van der Waals surface area contributed by atoms with Crippen LogP contribution in [0.1, 0.15) is 31.0 Å². The van der Waals surface area contributed by atoms with E-state index in [0.717, 1.165) is 11.3 Å². The second-order valence-corrected chi connectivity index (χ2v) is 8.63. The first-order chi connectivity index (χ1) is 15.8. The van der Waals surface area contributed by atoms with Crippen molar-refractivity contribution in [2.75, 3.05) is 13.7 Å². The van der Waals surface area contributed by atoms with Crippen LogP contribution < -0.4 is 19.6 Å². The summed E-state index contributed by atoms with van der Waals surface area (Å²) in [5.74, 6) is -0.451. The fourth-order valence-corrected chi connectivity index (χ4v) is 4.92. The summed E-state index contributed by atoms with van der Waals surface area (Å²) in [6.07, 6.45) is 1.41. The summed E-state index contributed by atoms with van der Waals surface area (Å²) in [4.78, 5) is 31.3. The number of ether oxygens (including phenoxy) is 2. The fourth-order valence-electron chi connectivity index (χ4n) is 3.67. The van der Waals surface area contributed by atoms with E-state index in [4.69, 9.17) is 21.1 Å². The first-order valence-corrected chi connectivity index (χ1v) is 11.3. The Morgan fingerprint density at radius 1 is 1.27 bits per heavy atom. The molecule has 0 spiro atoms. The van der Waals surface area contributed by atoms with Crippen molar-refractivity contribution in [2.24, 2.45) is 4.99 Å². The number of carbonyl (C=O) groups excluding carboxylic acids is 1. The molecule has 9 heteroatoms. The topological polar surface area (TPSA) is 69.9 Å². The summed E-state index contributed by atoms with van der Waals surface area (Å²) < 4.78 is 26.5. The largest absolute Gasteiger partial charge is 0.497 e. The Hall–Kier alpha value is -3.23. The van der Waals surface area contributed by atoms with Gasteiger partial charge in [0, 0.05) is 5.56 Å². The van der Waals surface area contributed by atoms with Crippen molar-refractivity contribution in [3.8, 4) is 5.75 Å². The number of carbonyl (C=O) groups is 1. The van der Waals surface area contributed by atoms with Crippen LogP contribution in [-0.2, 0) is 9.53 Å². The molecule has 0 fully saturated rings. The van der Waals surface area contributed by atoms with Gasteiger partial charge in [-0.05, 0) is 49.8 Å². The summed E-state index contributed by atoms with van der Waals surface area (Å²) >= 11 is 7.26. The highest BCUT2D eigenvalue weighted by Gasteiger charge is 2.33. The third kappa shape index (κ3) is 4.24. The van der Waals surface area contributed by atoms with E-state index in [1.54, 1.807) is 51.3 Å². The van der Waals surface area contributed by atoms with E-state index >= 15 is 0 Å². The molecule has 0 saturated heterocycles. The number of nitrogens with zero attached hydrogens (tertiary/aromatic N) is 2. The number of esters is 1. The number of halogens is 2. The van der Waals surface area contributed by atoms with E-state index in [-0.39, 0.29) is 27.3 Å². The third-order valence-corrected chi connectivity index (χ3v) is 6.54. The van der Waals surface area contributed by atoms with Crippen molar-refractivity contribution >= 4 is 35.0 Å². The van der Waals surface area contributed by atoms with Gasteiger partial charge >= 0.3 is 5.97 Å². The molecule has 0 radical (unpaired) electrons. The van der Waals surface area contributed by atoms with Crippen LogP contribution >= 0.6 is 22.9 Å². The van der Waals surface area contributed by atoms with E-state index in [0.29, 0.717) is 21.8 Å². The number of rotatable bonds is 5. The Morgan fingerprint density at radius 3 is 2.64 bits per heavy atom. The predicted molar refractivity (Wildman–Crippen MR) is 125 cm³/mol. The molecule has 0 unspecified atom stereocenters. The zero-order valence-corrected chi connectivity index (χ0v) is 19.7. The summed E-state index contributed by atoms with van der Waals surface area (Å²) in [6.45, 7) is 3.60. The van der Waals surface area contributed by atoms with E-state index in [2.05, 4.69) is 4.99 Å². The van der Waals surface area contributed by atoms with Gasteiger partial charge in [-0.1, -0.05) is 41.1 Å². The van der Waals surface area contributed by atoms with Gasteiger partial charge in [0.25, 0.3) is 5.56 Å². The molecule has 1 aromatic heterocycles. The first kappa shape index (κ1) is 22.9. The summed E-state index contributed by atoms with van der Waals surface area (Å²) in [7, 11) is 1.56. The number of fused-ring (bicyclic) bond motifs is 1. The molecule has 1 aliphatic heterocycles. The molecule has 0 aliphatic carbocycles. The molecular weight excluding hydrogens is 467 g/mol. The molecule has 0 bridgehead atoms. The summed E-state index contributed by atoms with van der Waals surface area (Å²) in [5.41, 5.74) is 1.11. The molecule has 0 saturated carbocycles. The number of hydrogen-bond donors (Lipinski definition) is 0. The van der Waals surface area contributed by atoms with Gasteiger partial charge in [0.1, 0.15) is 11.6 Å². The van der Waals surface area contributed by atoms with Crippen LogP contribution in [0.25, 0.3) is 6.08 Å². The van der Waals surface area contributed by atoms with E-state index < -0.39 is 23.4 Å². The Morgan fingerprint density at radius 2 is 2.00 bits per heavy atom. The quantitative estimate of drug-likeness (QED) is 0.517. The average Bonchev–Trinajstić information content (AvgIpc) is 3.10. The lowest BCUT2D eigenvalue weighted by molar-refractivity contribution is -0.139. The molecule has 1 atom stereocenters. The highest BCUT2D eigenvalue weighted by molar-refractivity contribution is 7.07. The fraction of sp³-hybridized carbons (Fsp3) is 0.208. The molecule has 170 valence electrons. The lowest BCUT2D eigenvalue weighted by Gasteiger charge is -2.24. The minimum atomic E-state index is -0.760. The molecule has 0 N–H and O–H groups in total. The second-order valence-electron chi connectivity index (χ2n) is 7.21. The van der Waals surface area contributed by atoms with Gasteiger partial charge < -0.3 is 9.47 Å². The van der Waals surface area contributed by atoms with Gasteiger partial charge in [0.05, 0.1) is 40.6 Å². The van der Waals surface area contributed by atoms with Crippen LogP contribution in [0, 0.1) is 5.82 Å². The Bertz CT molecular complexity index is 1420. The van der Waals surface area contributed by atoms with Gasteiger partial charge in [0.2, 0.25) is 0 Å². The van der Waals surface area contributed by atoms with Crippen LogP contribution in [0.2, 0.25) is 5.02 Å². The molecule has 6 nitrogen and oxygen atoms in total. The first-order valence-electron chi connectivity index (χ1n) is 10.1. The number of methoxy groups -OCH3 is 1. The Labute approximate surface area is 197 Å². The molecular formula is C24H20ClFN2O4S. The highest BCUT2D eigenvalue weighted by atomic mass is 35.5. The zero-order chi connectivity index (χ0) is 23.7. The SMILES string of the molecule is CCOC(=O)C1=C(C)N=c2sc(=Cc3c(F)cccc3Cl)c(=O)n2[C@H]1c1ccc(OC)cc1. The average molecular weight is 487 g/mol. The molecule has 2 heterocycles. The second kappa shape index (κ2) is 9.33. The van der Waals surface area contributed by atoms with Crippen LogP contribution in [0.4, 0.5) is 4.39 Å². The third-order valence-electron chi connectivity index (χ3n) is 5.22. The van der Waals surface area contributed by atoms with Crippen molar-refractivity contribution in [1.29, 1.82) is 0 Å². The minimum Gasteiger partial charge on any atom is -0.497 e. The minimum absolute atomic E-state index is 0.117. The molecule has 4 rings (SSSR count). The van der Waals surface area contributed by atoms with Crippen LogP contribution in [-0.4, -0.2) is 24.3 Å². The number of benzene rings is 2. The van der Waals surface area contributed by atoms with Gasteiger partial charge in [0.15, 0.2) is 4.80 Å². The van der Waals surface area contributed by atoms with Crippen molar-refractivity contribution < 1.29 is 18.7 Å². The Balaban J connectivity index is 1.97. The zero-order valence-electron chi connectivity index (χ0n) is 18.1. The van der Waals surface area contributed by atoms with Crippen molar-refractivity contribution in [3.05, 3.63) is 95.4 Å². The van der Waals surface area contributed by atoms with Gasteiger partial charge in [-0.3, -0.25) is 9.36 Å². The van der Waals surface area contributed by atoms with E-state index in [1.165, 1.54) is 22.8 Å². The van der Waals surface area contributed by atoms with Crippen molar-refractivity contribution in [3.63, 3.8) is 0 Å². The number of hydrogen-bond acceptors (Lipinski definition) is 6. The molecule has 33 heavy (non-hydrogen) atoms. The number of allylic oxidation sites excluding steroid dienone is 1. The lowest BCUT2D eigenvalue weighted by atomic mass is 9.96. The Kier molecular flexibility index (Phi) is 6.49. The van der Waals surface area contributed by atoms with Crippen LogP contribution in [0.5, 0.6) is 5.75 Å².